The first-order chi connectivity index (χ1) is 13.7. The van der Waals surface area contributed by atoms with Gasteiger partial charge in [-0.3, -0.25) is 14.7 Å². The van der Waals surface area contributed by atoms with Gasteiger partial charge in [-0.15, -0.1) is 5.10 Å². The molecule has 1 aromatic carbocycles. The summed E-state index contributed by atoms with van der Waals surface area (Å²) in [4.78, 5) is 30.6. The topological polar surface area (TPSA) is 88.2 Å². The number of aromatic nitrogens is 3. The molecule has 0 spiro atoms. The zero-order valence-corrected chi connectivity index (χ0v) is 16.9. The number of carbonyl (C=O) groups is 2. The molecule has 2 aromatic rings. The van der Waals surface area contributed by atoms with Crippen molar-refractivity contribution in [2.75, 3.05) is 23.8 Å². The van der Waals surface area contributed by atoms with Crippen LogP contribution in [0.5, 0.6) is 0 Å². The van der Waals surface area contributed by atoms with Gasteiger partial charge >= 0.3 is 5.97 Å². The van der Waals surface area contributed by atoms with E-state index < -0.39 is 5.97 Å². The molecule has 1 fully saturated rings. The zero-order chi connectivity index (χ0) is 19.8. The number of amides is 1. The molecule has 7 nitrogen and oxygen atoms in total. The number of nitrogens with zero attached hydrogens (tertiary/aromatic N) is 3. The van der Waals surface area contributed by atoms with Gasteiger partial charge in [0.2, 0.25) is 11.1 Å². The minimum atomic E-state index is -0.429. The second-order valence-corrected chi connectivity index (χ2v) is 7.77. The fraction of sp³-hybridized carbons (Fsp3) is 0.500. The number of thioether (sulfide) groups is 1. The summed E-state index contributed by atoms with van der Waals surface area (Å²) in [7, 11) is 0. The number of para-hydroxylation sites is 1. The fourth-order valence-electron chi connectivity index (χ4n) is 3.39. The summed E-state index contributed by atoms with van der Waals surface area (Å²) >= 11 is 1.27. The number of anilines is 1. The molecule has 8 heteroatoms. The molecule has 3 rings (SSSR count). The number of benzene rings is 1. The van der Waals surface area contributed by atoms with Crippen LogP contribution in [-0.2, 0) is 20.7 Å². The van der Waals surface area contributed by atoms with Crippen LogP contribution in [0.1, 0.15) is 38.4 Å². The van der Waals surface area contributed by atoms with Crippen LogP contribution in [0.3, 0.4) is 0 Å². The highest BCUT2D eigenvalue weighted by Crippen LogP contribution is 2.27. The molecule has 150 valence electrons. The highest BCUT2D eigenvalue weighted by atomic mass is 32.2. The molecule has 0 bridgehead atoms. The smallest absolute Gasteiger partial charge is 0.326 e. The first-order valence-electron chi connectivity index (χ1n) is 9.70. The average Bonchev–Trinajstić information content (AvgIpc) is 3.37. The van der Waals surface area contributed by atoms with Crippen LogP contribution >= 0.6 is 11.8 Å². The molecule has 1 aromatic heterocycles. The Bertz CT molecular complexity index is 775. The van der Waals surface area contributed by atoms with Crippen molar-refractivity contribution in [3.63, 3.8) is 0 Å². The zero-order valence-electron chi connectivity index (χ0n) is 16.1. The maximum Gasteiger partial charge on any atom is 0.326 e. The molecule has 1 amide bonds. The summed E-state index contributed by atoms with van der Waals surface area (Å²) in [5, 5.41) is 7.76. The van der Waals surface area contributed by atoms with Crippen LogP contribution in [0.2, 0.25) is 0 Å². The summed E-state index contributed by atoms with van der Waals surface area (Å²) < 4.78 is 5.00. The Hall–Kier alpha value is -2.35. The van der Waals surface area contributed by atoms with Crippen LogP contribution in [0, 0.1) is 5.92 Å². The first-order valence-corrected chi connectivity index (χ1v) is 10.7. The maximum atomic E-state index is 12.8. The van der Waals surface area contributed by atoms with Crippen molar-refractivity contribution >= 4 is 29.3 Å². The van der Waals surface area contributed by atoms with Gasteiger partial charge in [-0.25, -0.2) is 4.98 Å². The van der Waals surface area contributed by atoms with E-state index in [9.17, 15) is 9.59 Å². The Morgan fingerprint density at radius 2 is 2.00 bits per heavy atom. The van der Waals surface area contributed by atoms with Crippen molar-refractivity contribution in [2.45, 2.75) is 44.2 Å². The van der Waals surface area contributed by atoms with Crippen LogP contribution in [0.25, 0.3) is 0 Å². The standard InChI is InChI=1S/C20H26N4O3S/c1-2-27-19(26)13-24(16-10-4-3-5-11-16)18(25)14-28-20-21-17(22-23-20)12-15-8-6-7-9-15/h3-5,10-11,15H,2,6-9,12-14H2,1H3,(H,21,22,23). The van der Waals surface area contributed by atoms with Crippen molar-refractivity contribution in [1.29, 1.82) is 0 Å². The number of aromatic amines is 1. The van der Waals surface area contributed by atoms with Gasteiger partial charge in [0, 0.05) is 12.1 Å². The largest absolute Gasteiger partial charge is 0.465 e. The van der Waals surface area contributed by atoms with Gasteiger partial charge in [0.25, 0.3) is 0 Å². The van der Waals surface area contributed by atoms with E-state index >= 15 is 0 Å². The Labute approximate surface area is 169 Å². The lowest BCUT2D eigenvalue weighted by atomic mass is 10.0. The molecule has 0 atom stereocenters. The monoisotopic (exact) mass is 402 g/mol. The molecule has 0 unspecified atom stereocenters. The number of rotatable bonds is 9. The van der Waals surface area contributed by atoms with Crippen LogP contribution in [0.15, 0.2) is 35.5 Å². The average molecular weight is 403 g/mol. The lowest BCUT2D eigenvalue weighted by molar-refractivity contribution is -0.142. The fourth-order valence-corrected chi connectivity index (χ4v) is 4.09. The highest BCUT2D eigenvalue weighted by molar-refractivity contribution is 7.99. The molecule has 1 heterocycles. The third-order valence-electron chi connectivity index (χ3n) is 4.75. The molecule has 1 saturated carbocycles. The van der Waals surface area contributed by atoms with Crippen molar-refractivity contribution in [3.05, 3.63) is 36.2 Å². The Morgan fingerprint density at radius 1 is 1.25 bits per heavy atom. The summed E-state index contributed by atoms with van der Waals surface area (Å²) in [6.45, 7) is 1.92. The molecule has 1 aliphatic rings. The minimum Gasteiger partial charge on any atom is -0.465 e. The van der Waals surface area contributed by atoms with Gasteiger partial charge in [-0.05, 0) is 25.0 Å². The van der Waals surface area contributed by atoms with Gasteiger partial charge in [0.1, 0.15) is 12.4 Å². The van der Waals surface area contributed by atoms with Crippen molar-refractivity contribution in [3.8, 4) is 0 Å². The van der Waals surface area contributed by atoms with E-state index in [1.54, 1.807) is 19.1 Å². The third-order valence-corrected chi connectivity index (χ3v) is 5.59. The minimum absolute atomic E-state index is 0.113. The van der Waals surface area contributed by atoms with Gasteiger partial charge < -0.3 is 9.64 Å². The molecular formula is C20H26N4O3S. The number of ether oxygens (including phenoxy) is 1. The van der Waals surface area contributed by atoms with Crippen LogP contribution in [0.4, 0.5) is 5.69 Å². The van der Waals surface area contributed by atoms with Crippen molar-refractivity contribution in [2.24, 2.45) is 5.92 Å². The van der Waals surface area contributed by atoms with Crippen molar-refractivity contribution in [1.82, 2.24) is 15.2 Å². The molecule has 1 aliphatic carbocycles. The SMILES string of the molecule is CCOC(=O)CN(C(=O)CSc1n[nH]c(CC2CCCC2)n1)c1ccccc1. The van der Waals surface area contributed by atoms with E-state index in [1.165, 1.54) is 42.3 Å². The van der Waals surface area contributed by atoms with Gasteiger partial charge in [0.05, 0.1) is 12.4 Å². The van der Waals surface area contributed by atoms with E-state index in [0.717, 1.165) is 12.2 Å². The normalized spacial score (nSPS) is 14.2. The lowest BCUT2D eigenvalue weighted by Crippen LogP contribution is -2.37. The number of H-pyrrole nitrogens is 1. The summed E-state index contributed by atoms with van der Waals surface area (Å²) in [6, 6.07) is 9.13. The number of carbonyl (C=O) groups excluding carboxylic acids is 2. The predicted octanol–water partition coefficient (Wildman–Crippen LogP) is 3.23. The Balaban J connectivity index is 1.58. The molecule has 28 heavy (non-hydrogen) atoms. The summed E-state index contributed by atoms with van der Waals surface area (Å²) in [5.41, 5.74) is 0.665. The van der Waals surface area contributed by atoms with E-state index in [4.69, 9.17) is 4.74 Å². The van der Waals surface area contributed by atoms with Gasteiger partial charge in [-0.1, -0.05) is 55.6 Å². The molecule has 0 aliphatic heterocycles. The number of nitrogens with one attached hydrogen (secondary N) is 1. The second-order valence-electron chi connectivity index (χ2n) is 6.83. The molecule has 0 saturated heterocycles. The molecule has 0 radical (unpaired) electrons. The maximum absolute atomic E-state index is 12.8. The summed E-state index contributed by atoms with van der Waals surface area (Å²) in [5.74, 6) is 1.10. The number of hydrogen-bond acceptors (Lipinski definition) is 6. The van der Waals surface area contributed by atoms with E-state index in [1.807, 2.05) is 18.2 Å². The predicted molar refractivity (Wildman–Crippen MR) is 108 cm³/mol. The third kappa shape index (κ3) is 5.82. The second kappa shape index (κ2) is 10.3. The number of hydrogen-bond donors (Lipinski definition) is 1. The van der Waals surface area contributed by atoms with E-state index in [2.05, 4.69) is 15.2 Å². The highest BCUT2D eigenvalue weighted by Gasteiger charge is 2.21. The molecular weight excluding hydrogens is 376 g/mol. The van der Waals surface area contributed by atoms with Crippen molar-refractivity contribution < 1.29 is 14.3 Å². The van der Waals surface area contributed by atoms with Gasteiger partial charge in [0.15, 0.2) is 0 Å². The van der Waals surface area contributed by atoms with Crippen LogP contribution in [-0.4, -0.2) is 46.0 Å². The Morgan fingerprint density at radius 3 is 2.71 bits per heavy atom. The van der Waals surface area contributed by atoms with E-state index in [-0.39, 0.29) is 24.8 Å². The quantitative estimate of drug-likeness (QED) is 0.512. The van der Waals surface area contributed by atoms with Gasteiger partial charge in [-0.2, -0.15) is 0 Å². The van der Waals surface area contributed by atoms with Crippen LogP contribution < -0.4 is 4.90 Å². The molecule has 1 N–H and O–H groups in total. The lowest BCUT2D eigenvalue weighted by Gasteiger charge is -2.21. The van der Waals surface area contributed by atoms with E-state index in [0.29, 0.717) is 16.8 Å². The summed E-state index contributed by atoms with van der Waals surface area (Å²) in [6.07, 6.45) is 6.01. The Kier molecular flexibility index (Phi) is 7.47. The first kappa shape index (κ1) is 20.4. The number of esters is 1.